The number of aryl methyl sites for hydroxylation is 1. The third-order valence-corrected chi connectivity index (χ3v) is 14.2. The van der Waals surface area contributed by atoms with E-state index in [1.165, 1.54) is 29.1 Å². The van der Waals surface area contributed by atoms with Gasteiger partial charge in [0.2, 0.25) is 29.6 Å². The smallest absolute Gasteiger partial charge is 0.410 e. The molecule has 1 aromatic carbocycles. The second-order valence-corrected chi connectivity index (χ2v) is 19.2. The van der Waals surface area contributed by atoms with Crippen LogP contribution in [0.1, 0.15) is 103 Å². The zero-order chi connectivity index (χ0) is 46.9. The topological polar surface area (TPSA) is 222 Å². The van der Waals surface area contributed by atoms with E-state index in [0.717, 1.165) is 65.8 Å². The number of fused-ring (bicyclic) bond motifs is 1. The van der Waals surface area contributed by atoms with Gasteiger partial charge in [-0.25, -0.2) is 14.8 Å². The predicted molar refractivity (Wildman–Crippen MR) is 251 cm³/mol. The molecule has 3 aromatic heterocycles. The molecule has 1 unspecified atom stereocenters. The molecule has 0 bridgehead atoms. The van der Waals surface area contributed by atoms with Gasteiger partial charge in [0.1, 0.15) is 19.2 Å². The molecule has 5 N–H and O–H groups in total. The van der Waals surface area contributed by atoms with Crippen molar-refractivity contribution >= 4 is 64.5 Å². The quantitative estimate of drug-likeness (QED) is 0.0559. The molecule has 8 rings (SSSR count). The summed E-state index contributed by atoms with van der Waals surface area (Å²) in [6, 6.07) is 8.65. The number of hydrogen-bond donors (Lipinski definition) is 5. The van der Waals surface area contributed by atoms with Gasteiger partial charge in [-0.1, -0.05) is 48.4 Å². The third kappa shape index (κ3) is 12.4. The van der Waals surface area contributed by atoms with Crippen molar-refractivity contribution in [1.29, 1.82) is 0 Å². The van der Waals surface area contributed by atoms with Gasteiger partial charge in [-0.15, -0.1) is 11.3 Å². The first-order valence-corrected chi connectivity index (χ1v) is 24.5. The van der Waals surface area contributed by atoms with E-state index in [1.54, 1.807) is 16.5 Å². The van der Waals surface area contributed by atoms with Gasteiger partial charge in [0, 0.05) is 60.2 Å². The molecule has 1 atom stereocenters. The molecule has 0 spiro atoms. The second kappa shape index (κ2) is 22.3. The van der Waals surface area contributed by atoms with Gasteiger partial charge in [0.05, 0.1) is 41.8 Å². The van der Waals surface area contributed by atoms with Crippen molar-refractivity contribution in [3.63, 3.8) is 0 Å². The van der Waals surface area contributed by atoms with Crippen LogP contribution in [0.4, 0.5) is 10.7 Å². The number of imide groups is 1. The molecule has 1 saturated heterocycles. The Morgan fingerprint density at radius 1 is 0.940 bits per heavy atom. The molecule has 6 amide bonds. The van der Waals surface area contributed by atoms with Crippen molar-refractivity contribution in [3.05, 3.63) is 80.4 Å². The van der Waals surface area contributed by atoms with E-state index in [-0.39, 0.29) is 74.9 Å². The first kappa shape index (κ1) is 47.6. The fourth-order valence-corrected chi connectivity index (χ4v) is 10.1. The Hall–Kier alpha value is -5.92. The van der Waals surface area contributed by atoms with Crippen molar-refractivity contribution in [3.8, 4) is 11.3 Å². The van der Waals surface area contributed by atoms with Crippen LogP contribution in [0.3, 0.4) is 0 Å². The summed E-state index contributed by atoms with van der Waals surface area (Å²) in [6.45, 7) is 1.71. The summed E-state index contributed by atoms with van der Waals surface area (Å²) in [5.74, 6) is -0.294. The second-order valence-electron chi connectivity index (χ2n) is 17.8. The third-order valence-electron chi connectivity index (χ3n) is 12.9. The van der Waals surface area contributed by atoms with E-state index >= 15 is 0 Å². The number of aromatic nitrogens is 4. The van der Waals surface area contributed by atoms with Crippen molar-refractivity contribution in [1.82, 2.24) is 50.8 Å². The van der Waals surface area contributed by atoms with Gasteiger partial charge in [0.15, 0.2) is 0 Å². The van der Waals surface area contributed by atoms with Crippen molar-refractivity contribution in [2.45, 2.75) is 115 Å². The highest BCUT2D eigenvalue weighted by atomic mass is 35.5. The number of thiophene rings is 1. The summed E-state index contributed by atoms with van der Waals surface area (Å²) in [5, 5.41) is 21.6. The molecule has 4 aliphatic rings. The molecule has 5 heterocycles. The van der Waals surface area contributed by atoms with Crippen molar-refractivity contribution < 1.29 is 33.5 Å². The van der Waals surface area contributed by atoms with Crippen LogP contribution < -0.4 is 26.6 Å². The lowest BCUT2D eigenvalue weighted by molar-refractivity contribution is -0.137. The number of piperidine rings is 1. The maximum absolute atomic E-state index is 13.6. The monoisotopic (exact) mass is 955 g/mol. The molecule has 356 valence electrons. The van der Waals surface area contributed by atoms with E-state index in [9.17, 15) is 28.8 Å². The number of unbranched alkanes of at least 4 members (excludes halogenated alkanes) is 2. The van der Waals surface area contributed by atoms with E-state index in [2.05, 4.69) is 36.7 Å². The van der Waals surface area contributed by atoms with Gasteiger partial charge in [-0.2, -0.15) is 5.10 Å². The Balaban J connectivity index is 0.744. The van der Waals surface area contributed by atoms with Crippen molar-refractivity contribution in [2.75, 3.05) is 31.5 Å². The number of nitrogens with one attached hydrogen (secondary N) is 5. The van der Waals surface area contributed by atoms with E-state index in [4.69, 9.17) is 21.3 Å². The number of hydrogen-bond acceptors (Lipinski definition) is 13. The first-order valence-electron chi connectivity index (χ1n) is 23.3. The number of rotatable bonds is 21. The SMILES string of the molecule is Cn1ncc(-c2nc(NC3CCC(N(CC(=O)NCCCCCNCC(=O)NCc4scc5c4CN(C4CCC(=O)NC4=O)C5=O)C(=O)OCc4ccccc4)CC3)ncc2Cl)c1CC1CC1. The lowest BCUT2D eigenvalue weighted by Gasteiger charge is -2.36. The molecule has 2 aliphatic carbocycles. The average Bonchev–Trinajstić information content (AvgIpc) is 3.83. The van der Waals surface area contributed by atoms with Gasteiger partial charge >= 0.3 is 6.09 Å². The standard InChI is InChI=1S/C47H58ClN11O7S/c1-57-38(20-29-10-11-29)33(21-53-57)43-36(48)22-52-46(56-43)54-31-12-14-32(15-13-31)58(47(65)66-27-30-8-4-2-5-9-30)26-42(62)50-19-7-3-6-18-49-24-41(61)51-23-39-34-25-59(45(64)35(34)28-67-39)37-16-17-40(60)55-44(37)63/h2,4-5,8-9,21-22,28-29,31-32,37,49H,3,6-7,10-20,23-27H2,1H3,(H,50,62)(H,51,61)(H,52,54,56)(H,55,60,63). The largest absolute Gasteiger partial charge is 0.445 e. The van der Waals surface area contributed by atoms with Gasteiger partial charge in [-0.3, -0.25) is 38.9 Å². The van der Waals surface area contributed by atoms with Crippen LogP contribution in [0.5, 0.6) is 0 Å². The van der Waals surface area contributed by atoms with Crippen LogP contribution in [-0.4, -0.2) is 109 Å². The summed E-state index contributed by atoms with van der Waals surface area (Å²) in [5.41, 5.74) is 4.91. The molecular formula is C47H58ClN11O7S. The lowest BCUT2D eigenvalue weighted by Crippen LogP contribution is -2.52. The number of halogens is 1. The number of carbonyl (C=O) groups excluding carboxylic acids is 6. The van der Waals surface area contributed by atoms with Crippen LogP contribution in [-0.2, 0) is 57.1 Å². The lowest BCUT2D eigenvalue weighted by atomic mass is 9.90. The summed E-state index contributed by atoms with van der Waals surface area (Å²) in [4.78, 5) is 89.7. The predicted octanol–water partition coefficient (Wildman–Crippen LogP) is 4.86. The highest BCUT2D eigenvalue weighted by Crippen LogP contribution is 2.37. The fraction of sp³-hybridized carbons (Fsp3) is 0.511. The normalized spacial score (nSPS) is 19.2. The molecule has 2 saturated carbocycles. The summed E-state index contributed by atoms with van der Waals surface area (Å²) in [6.07, 6.45) is 11.9. The highest BCUT2D eigenvalue weighted by Gasteiger charge is 2.41. The minimum atomic E-state index is -0.681. The highest BCUT2D eigenvalue weighted by molar-refractivity contribution is 7.10. The molecule has 3 fully saturated rings. The maximum atomic E-state index is 13.6. The molecule has 2 aliphatic heterocycles. The summed E-state index contributed by atoms with van der Waals surface area (Å²) < 4.78 is 7.64. The zero-order valence-electron chi connectivity index (χ0n) is 37.7. The van der Waals surface area contributed by atoms with Crippen LogP contribution >= 0.6 is 22.9 Å². The summed E-state index contributed by atoms with van der Waals surface area (Å²) in [7, 11) is 1.95. The number of benzene rings is 1. The molecule has 67 heavy (non-hydrogen) atoms. The van der Waals surface area contributed by atoms with E-state index in [1.807, 2.05) is 48.3 Å². The van der Waals surface area contributed by atoms with E-state index in [0.29, 0.717) is 60.5 Å². The van der Waals surface area contributed by atoms with Crippen LogP contribution in [0.15, 0.2) is 48.1 Å². The van der Waals surface area contributed by atoms with Gasteiger partial charge < -0.3 is 30.9 Å². The number of anilines is 1. The molecule has 18 nitrogen and oxygen atoms in total. The molecule has 0 radical (unpaired) electrons. The Morgan fingerprint density at radius 2 is 1.73 bits per heavy atom. The molecule has 20 heteroatoms. The average molecular weight is 957 g/mol. The van der Waals surface area contributed by atoms with E-state index < -0.39 is 18.0 Å². The zero-order valence-corrected chi connectivity index (χ0v) is 39.3. The number of amides is 6. The Kier molecular flexibility index (Phi) is 15.8. The van der Waals surface area contributed by atoms with Gasteiger partial charge in [-0.05, 0) is 87.8 Å². The van der Waals surface area contributed by atoms with Crippen LogP contribution in [0.2, 0.25) is 5.02 Å². The fourth-order valence-electron chi connectivity index (χ4n) is 8.97. The van der Waals surface area contributed by atoms with Crippen LogP contribution in [0.25, 0.3) is 11.3 Å². The van der Waals surface area contributed by atoms with Crippen molar-refractivity contribution in [2.24, 2.45) is 13.0 Å². The summed E-state index contributed by atoms with van der Waals surface area (Å²) >= 11 is 8.02. The Bertz CT molecular complexity index is 2440. The molecular weight excluding hydrogens is 898 g/mol. The minimum absolute atomic E-state index is 0.0618. The first-order chi connectivity index (χ1) is 32.5. The van der Waals surface area contributed by atoms with Crippen LogP contribution in [0, 0.1) is 5.92 Å². The Morgan fingerprint density at radius 3 is 2.51 bits per heavy atom. The number of ether oxygens (including phenoxy) is 1. The number of carbonyl (C=O) groups is 6. The maximum Gasteiger partial charge on any atom is 0.410 e. The Labute approximate surface area is 398 Å². The molecule has 4 aromatic rings. The minimum Gasteiger partial charge on any atom is -0.445 e. The van der Waals surface area contributed by atoms with Gasteiger partial charge in [0.25, 0.3) is 5.91 Å². The number of nitrogens with zero attached hydrogens (tertiary/aromatic N) is 6.